The van der Waals surface area contributed by atoms with Crippen LogP contribution in [0.4, 0.5) is 5.82 Å². The van der Waals surface area contributed by atoms with E-state index >= 15 is 0 Å². The number of amides is 1. The number of nitrogens with zero attached hydrogens (tertiary/aromatic N) is 5. The Morgan fingerprint density at radius 3 is 2.52 bits per heavy atom. The van der Waals surface area contributed by atoms with Crippen molar-refractivity contribution in [3.05, 3.63) is 81.9 Å². The molecular formula is C20H16Cl2N6O. The van der Waals surface area contributed by atoms with E-state index in [4.69, 9.17) is 23.2 Å². The Kier molecular flexibility index (Phi) is 5.08. The molecule has 0 aliphatic carbocycles. The number of carbonyl (C=O) groups excluding carboxylic acids is 1. The second kappa shape index (κ2) is 7.69. The largest absolute Gasteiger partial charge is 0.306 e. The van der Waals surface area contributed by atoms with E-state index in [9.17, 15) is 4.79 Å². The molecule has 0 aliphatic heterocycles. The van der Waals surface area contributed by atoms with E-state index in [0.29, 0.717) is 32.9 Å². The van der Waals surface area contributed by atoms with Crippen LogP contribution in [-0.4, -0.2) is 30.5 Å². The van der Waals surface area contributed by atoms with E-state index in [1.807, 2.05) is 44.2 Å². The summed E-state index contributed by atoms with van der Waals surface area (Å²) in [5.41, 5.74) is 2.75. The first-order valence-electron chi connectivity index (χ1n) is 8.73. The van der Waals surface area contributed by atoms with Crippen molar-refractivity contribution in [2.75, 3.05) is 5.32 Å². The smallest absolute Gasteiger partial charge is 0.260 e. The van der Waals surface area contributed by atoms with Crippen molar-refractivity contribution in [3.8, 4) is 11.5 Å². The van der Waals surface area contributed by atoms with Crippen molar-refractivity contribution in [1.82, 2.24) is 24.5 Å². The molecule has 1 amide bonds. The van der Waals surface area contributed by atoms with Gasteiger partial charge >= 0.3 is 0 Å². The van der Waals surface area contributed by atoms with E-state index in [0.717, 1.165) is 11.4 Å². The lowest BCUT2D eigenvalue weighted by Crippen LogP contribution is -2.16. The third-order valence-corrected chi connectivity index (χ3v) is 4.80. The lowest BCUT2D eigenvalue weighted by molar-refractivity contribution is 0.102. The van der Waals surface area contributed by atoms with Crippen LogP contribution in [0.15, 0.2) is 54.9 Å². The molecular weight excluding hydrogens is 411 g/mol. The Bertz CT molecular complexity index is 1200. The normalized spacial score (nSPS) is 10.9. The average Bonchev–Trinajstić information content (AvgIpc) is 3.25. The average molecular weight is 427 g/mol. The zero-order chi connectivity index (χ0) is 20.5. The van der Waals surface area contributed by atoms with Gasteiger partial charge in [0.1, 0.15) is 5.82 Å². The number of anilines is 1. The quantitative estimate of drug-likeness (QED) is 0.515. The van der Waals surface area contributed by atoms with Crippen molar-refractivity contribution in [2.45, 2.75) is 13.8 Å². The molecule has 1 aromatic carbocycles. The van der Waals surface area contributed by atoms with Gasteiger partial charge in [0, 0.05) is 12.3 Å². The summed E-state index contributed by atoms with van der Waals surface area (Å²) in [5.74, 6) is 0.503. The van der Waals surface area contributed by atoms with Crippen molar-refractivity contribution >= 4 is 34.9 Å². The molecule has 4 rings (SSSR count). The summed E-state index contributed by atoms with van der Waals surface area (Å²) < 4.78 is 3.19. The summed E-state index contributed by atoms with van der Waals surface area (Å²) in [6.07, 6.45) is 3.01. The summed E-state index contributed by atoms with van der Waals surface area (Å²) in [6, 6.07) is 12.9. The number of benzene rings is 1. The molecule has 0 fully saturated rings. The van der Waals surface area contributed by atoms with Crippen molar-refractivity contribution in [1.29, 1.82) is 0 Å². The van der Waals surface area contributed by atoms with Crippen LogP contribution in [-0.2, 0) is 0 Å². The van der Waals surface area contributed by atoms with Gasteiger partial charge in [0.15, 0.2) is 5.82 Å². The van der Waals surface area contributed by atoms with Crippen molar-refractivity contribution < 1.29 is 4.79 Å². The summed E-state index contributed by atoms with van der Waals surface area (Å²) in [5, 5.41) is 12.3. The van der Waals surface area contributed by atoms with Crippen LogP contribution in [0.5, 0.6) is 0 Å². The fourth-order valence-corrected chi connectivity index (χ4v) is 3.42. The number of para-hydroxylation sites is 1. The maximum absolute atomic E-state index is 12.9. The Morgan fingerprint density at radius 2 is 1.79 bits per heavy atom. The zero-order valence-corrected chi connectivity index (χ0v) is 17.1. The fourth-order valence-electron chi connectivity index (χ4n) is 2.96. The number of pyridine rings is 1. The van der Waals surface area contributed by atoms with Gasteiger partial charge in [-0.3, -0.25) is 4.79 Å². The zero-order valence-electron chi connectivity index (χ0n) is 15.6. The van der Waals surface area contributed by atoms with Crippen LogP contribution in [0.3, 0.4) is 0 Å². The van der Waals surface area contributed by atoms with E-state index in [1.54, 1.807) is 23.0 Å². The molecule has 7 nitrogen and oxygen atoms in total. The van der Waals surface area contributed by atoms with Crippen LogP contribution in [0.25, 0.3) is 11.5 Å². The molecule has 0 aliphatic rings. The second-order valence-corrected chi connectivity index (χ2v) is 7.23. The molecule has 0 saturated heterocycles. The summed E-state index contributed by atoms with van der Waals surface area (Å²) >= 11 is 12.2. The summed E-state index contributed by atoms with van der Waals surface area (Å²) in [7, 11) is 0. The van der Waals surface area contributed by atoms with Gasteiger partial charge < -0.3 is 5.32 Å². The lowest BCUT2D eigenvalue weighted by atomic mass is 10.2. The standard InChI is InChI=1S/C20H16Cl2N6O/c1-12-8-18(28(26-12)19-17(22)9-14(21)10-23-19)25-20(29)16-11-24-27(13(16)2)15-6-4-3-5-7-15/h3-11H,1-2H3,(H,25,29). The molecule has 0 spiro atoms. The van der Waals surface area contributed by atoms with E-state index in [2.05, 4.69) is 20.5 Å². The van der Waals surface area contributed by atoms with Gasteiger partial charge in [-0.15, -0.1) is 0 Å². The molecule has 3 heterocycles. The minimum atomic E-state index is -0.309. The number of carbonyl (C=O) groups is 1. The number of hydrogen-bond donors (Lipinski definition) is 1. The third-order valence-electron chi connectivity index (χ3n) is 4.32. The van der Waals surface area contributed by atoms with Gasteiger partial charge in [-0.05, 0) is 32.0 Å². The molecule has 0 radical (unpaired) electrons. The highest BCUT2D eigenvalue weighted by Gasteiger charge is 2.19. The first-order valence-corrected chi connectivity index (χ1v) is 9.49. The van der Waals surface area contributed by atoms with Gasteiger partial charge in [0.2, 0.25) is 0 Å². The van der Waals surface area contributed by atoms with E-state index in [1.165, 1.54) is 10.9 Å². The van der Waals surface area contributed by atoms with Gasteiger partial charge in [-0.1, -0.05) is 41.4 Å². The third kappa shape index (κ3) is 3.74. The van der Waals surface area contributed by atoms with E-state index < -0.39 is 0 Å². The monoisotopic (exact) mass is 426 g/mol. The molecule has 0 unspecified atom stereocenters. The van der Waals surface area contributed by atoms with Gasteiger partial charge in [-0.2, -0.15) is 14.9 Å². The van der Waals surface area contributed by atoms with Crippen LogP contribution < -0.4 is 5.32 Å². The molecule has 1 N–H and O–H groups in total. The van der Waals surface area contributed by atoms with Crippen molar-refractivity contribution in [2.24, 2.45) is 0 Å². The molecule has 0 saturated carbocycles. The topological polar surface area (TPSA) is 77.6 Å². The second-order valence-electron chi connectivity index (χ2n) is 6.39. The molecule has 4 aromatic rings. The predicted molar refractivity (Wildman–Crippen MR) is 112 cm³/mol. The highest BCUT2D eigenvalue weighted by atomic mass is 35.5. The number of aromatic nitrogens is 5. The SMILES string of the molecule is Cc1cc(NC(=O)c2cnn(-c3ccccc3)c2C)n(-c2ncc(Cl)cc2Cl)n1. The molecule has 146 valence electrons. The van der Waals surface area contributed by atoms with Gasteiger partial charge in [-0.25, -0.2) is 9.67 Å². The van der Waals surface area contributed by atoms with Crippen LogP contribution in [0, 0.1) is 13.8 Å². The highest BCUT2D eigenvalue weighted by Crippen LogP contribution is 2.25. The van der Waals surface area contributed by atoms with Crippen LogP contribution >= 0.6 is 23.2 Å². The Morgan fingerprint density at radius 1 is 1.03 bits per heavy atom. The summed E-state index contributed by atoms with van der Waals surface area (Å²) in [6.45, 7) is 3.66. The molecule has 29 heavy (non-hydrogen) atoms. The Balaban J connectivity index is 1.66. The number of rotatable bonds is 4. The number of hydrogen-bond acceptors (Lipinski definition) is 4. The first kappa shape index (κ1) is 19.2. The number of nitrogens with one attached hydrogen (secondary N) is 1. The molecule has 0 atom stereocenters. The summed E-state index contributed by atoms with van der Waals surface area (Å²) in [4.78, 5) is 17.2. The van der Waals surface area contributed by atoms with Gasteiger partial charge in [0.05, 0.1) is 38.9 Å². The van der Waals surface area contributed by atoms with Crippen molar-refractivity contribution in [3.63, 3.8) is 0 Å². The number of halogens is 2. The van der Waals surface area contributed by atoms with Crippen LogP contribution in [0.2, 0.25) is 10.0 Å². The molecule has 0 bridgehead atoms. The Hall–Kier alpha value is -3.16. The highest BCUT2D eigenvalue weighted by molar-refractivity contribution is 6.35. The lowest BCUT2D eigenvalue weighted by Gasteiger charge is -2.10. The maximum atomic E-state index is 12.9. The molecule has 3 aromatic heterocycles. The minimum Gasteiger partial charge on any atom is -0.306 e. The maximum Gasteiger partial charge on any atom is 0.260 e. The first-order chi connectivity index (χ1) is 13.9. The van der Waals surface area contributed by atoms with E-state index in [-0.39, 0.29) is 5.91 Å². The minimum absolute atomic E-state index is 0.309. The van der Waals surface area contributed by atoms with Crippen LogP contribution in [0.1, 0.15) is 21.7 Å². The fraction of sp³-hybridized carbons (Fsp3) is 0.100. The van der Waals surface area contributed by atoms with Gasteiger partial charge in [0.25, 0.3) is 5.91 Å². The predicted octanol–water partition coefficient (Wildman–Crippen LogP) is 4.63. The number of aryl methyl sites for hydroxylation is 1. The molecule has 9 heteroatoms. The Labute approximate surface area is 176 Å².